The molecule has 1 N–H and O–H groups in total. The average molecular weight is 409 g/mol. The molecule has 3 aromatic heterocycles. The monoisotopic (exact) mass is 409 g/mol. The van der Waals surface area contributed by atoms with Crippen molar-refractivity contribution in [1.29, 1.82) is 0 Å². The van der Waals surface area contributed by atoms with E-state index in [1.807, 2.05) is 37.3 Å². The number of ether oxygens (including phenoxy) is 1. The summed E-state index contributed by atoms with van der Waals surface area (Å²) in [6, 6.07) is 12.7. The zero-order valence-electron chi connectivity index (χ0n) is 16.0. The van der Waals surface area contributed by atoms with Gasteiger partial charge in [0, 0.05) is 23.7 Å². The van der Waals surface area contributed by atoms with Gasteiger partial charge in [0.25, 0.3) is 5.56 Å². The van der Waals surface area contributed by atoms with E-state index in [2.05, 4.69) is 4.98 Å². The standard InChI is InChI=1S/C21H19N3O4S/c1-13-8-16-19(29-13)22-21(27)24(20(16)26)10-15-9-17(25)18(11-23(15)2)28-12-14-6-4-3-5-7-14/h3-9,11H,10,12H2,1-2H3,(H,22,27). The lowest BCUT2D eigenvalue weighted by atomic mass is 10.2. The minimum atomic E-state index is -0.499. The number of aromatic nitrogens is 3. The first-order valence-electron chi connectivity index (χ1n) is 9.02. The maximum Gasteiger partial charge on any atom is 0.329 e. The molecular formula is C21H19N3O4S. The molecule has 0 saturated carbocycles. The zero-order valence-corrected chi connectivity index (χ0v) is 16.8. The molecule has 8 heteroatoms. The molecule has 0 radical (unpaired) electrons. The molecule has 4 rings (SSSR count). The van der Waals surface area contributed by atoms with E-state index in [1.165, 1.54) is 17.4 Å². The second-order valence-corrected chi connectivity index (χ2v) is 8.06. The molecule has 1 aromatic carbocycles. The average Bonchev–Trinajstić information content (AvgIpc) is 3.07. The lowest BCUT2D eigenvalue weighted by molar-refractivity contribution is 0.300. The van der Waals surface area contributed by atoms with Gasteiger partial charge in [0.05, 0.1) is 18.1 Å². The summed E-state index contributed by atoms with van der Waals surface area (Å²) in [5, 5.41) is 0.472. The number of hydrogen-bond acceptors (Lipinski definition) is 5. The minimum absolute atomic E-state index is 0.0102. The maximum absolute atomic E-state index is 12.7. The van der Waals surface area contributed by atoms with Gasteiger partial charge in [0.1, 0.15) is 11.4 Å². The van der Waals surface area contributed by atoms with Gasteiger partial charge in [0.15, 0.2) is 5.75 Å². The number of hydrogen-bond donors (Lipinski definition) is 1. The number of nitrogens with zero attached hydrogens (tertiary/aromatic N) is 2. The Balaban J connectivity index is 1.64. The second kappa shape index (κ2) is 7.56. The van der Waals surface area contributed by atoms with Crippen molar-refractivity contribution in [3.05, 3.63) is 95.9 Å². The van der Waals surface area contributed by atoms with E-state index in [9.17, 15) is 14.4 Å². The Hall–Kier alpha value is -3.39. The number of nitrogens with one attached hydrogen (secondary N) is 1. The molecule has 0 saturated heterocycles. The Labute approximate surface area is 169 Å². The molecule has 0 aliphatic heterocycles. The highest BCUT2D eigenvalue weighted by Crippen LogP contribution is 2.18. The van der Waals surface area contributed by atoms with Crippen molar-refractivity contribution in [3.63, 3.8) is 0 Å². The summed E-state index contributed by atoms with van der Waals surface area (Å²) < 4.78 is 8.44. The van der Waals surface area contributed by atoms with Crippen LogP contribution in [0.15, 0.2) is 63.0 Å². The summed E-state index contributed by atoms with van der Waals surface area (Å²) >= 11 is 1.37. The van der Waals surface area contributed by atoms with E-state index in [1.54, 1.807) is 23.9 Å². The fraction of sp³-hybridized carbons (Fsp3) is 0.190. The smallest absolute Gasteiger partial charge is 0.329 e. The van der Waals surface area contributed by atoms with Gasteiger partial charge < -0.3 is 9.30 Å². The third-order valence-electron chi connectivity index (χ3n) is 4.66. The van der Waals surface area contributed by atoms with Crippen molar-refractivity contribution in [2.45, 2.75) is 20.1 Å². The molecule has 148 valence electrons. The number of H-pyrrole nitrogens is 1. The van der Waals surface area contributed by atoms with Crippen LogP contribution in [0.3, 0.4) is 0 Å². The zero-order chi connectivity index (χ0) is 20.5. The van der Waals surface area contributed by atoms with E-state index in [4.69, 9.17) is 4.74 Å². The molecule has 0 atom stereocenters. The fourth-order valence-electron chi connectivity index (χ4n) is 3.12. The first-order valence-corrected chi connectivity index (χ1v) is 9.83. The van der Waals surface area contributed by atoms with Gasteiger partial charge in [-0.05, 0) is 18.6 Å². The quantitative estimate of drug-likeness (QED) is 0.548. The number of thiophene rings is 1. The number of fused-ring (bicyclic) bond motifs is 1. The summed E-state index contributed by atoms with van der Waals surface area (Å²) in [6.45, 7) is 2.15. The van der Waals surface area contributed by atoms with Crippen LogP contribution >= 0.6 is 11.3 Å². The Morgan fingerprint density at radius 1 is 1.10 bits per heavy atom. The third kappa shape index (κ3) is 3.79. The summed E-state index contributed by atoms with van der Waals surface area (Å²) in [6.07, 6.45) is 1.58. The van der Waals surface area contributed by atoms with E-state index < -0.39 is 5.69 Å². The van der Waals surface area contributed by atoms with Crippen LogP contribution in [0.1, 0.15) is 16.1 Å². The number of benzene rings is 1. The van der Waals surface area contributed by atoms with Crippen LogP contribution in [0, 0.1) is 6.92 Å². The van der Waals surface area contributed by atoms with Crippen LogP contribution in [-0.2, 0) is 20.2 Å². The molecule has 0 unspecified atom stereocenters. The molecule has 0 spiro atoms. The molecule has 7 nitrogen and oxygen atoms in total. The highest BCUT2D eigenvalue weighted by atomic mass is 32.1. The molecule has 0 bridgehead atoms. The van der Waals surface area contributed by atoms with E-state index in [-0.39, 0.29) is 29.9 Å². The van der Waals surface area contributed by atoms with Crippen LogP contribution < -0.4 is 21.4 Å². The molecule has 3 heterocycles. The Kier molecular flexibility index (Phi) is 4.94. The van der Waals surface area contributed by atoms with Gasteiger partial charge in [-0.2, -0.15) is 0 Å². The van der Waals surface area contributed by atoms with Crippen molar-refractivity contribution in [2.75, 3.05) is 0 Å². The fourth-order valence-corrected chi connectivity index (χ4v) is 4.01. The van der Waals surface area contributed by atoms with Crippen LogP contribution in [0.4, 0.5) is 0 Å². The summed E-state index contributed by atoms with van der Waals surface area (Å²) in [7, 11) is 1.75. The Morgan fingerprint density at radius 3 is 2.62 bits per heavy atom. The number of pyridine rings is 1. The predicted octanol–water partition coefficient (Wildman–Crippen LogP) is 2.39. The molecule has 0 fully saturated rings. The van der Waals surface area contributed by atoms with Crippen molar-refractivity contribution in [3.8, 4) is 5.75 Å². The summed E-state index contributed by atoms with van der Waals surface area (Å²) in [5.41, 5.74) is 0.314. The molecule has 29 heavy (non-hydrogen) atoms. The van der Waals surface area contributed by atoms with E-state index >= 15 is 0 Å². The predicted molar refractivity (Wildman–Crippen MR) is 113 cm³/mol. The lowest BCUT2D eigenvalue weighted by Crippen LogP contribution is -2.35. The summed E-state index contributed by atoms with van der Waals surface area (Å²) in [5.74, 6) is 0.213. The van der Waals surface area contributed by atoms with Gasteiger partial charge in [0.2, 0.25) is 5.43 Å². The van der Waals surface area contributed by atoms with Crippen LogP contribution in [0.5, 0.6) is 5.75 Å². The third-order valence-corrected chi connectivity index (χ3v) is 5.62. The van der Waals surface area contributed by atoms with Crippen molar-refractivity contribution >= 4 is 21.6 Å². The van der Waals surface area contributed by atoms with Gasteiger partial charge >= 0.3 is 5.69 Å². The van der Waals surface area contributed by atoms with Gasteiger partial charge in [-0.15, -0.1) is 11.3 Å². The van der Waals surface area contributed by atoms with E-state index in [0.717, 1.165) is 15.0 Å². The second-order valence-electron chi connectivity index (χ2n) is 6.80. The van der Waals surface area contributed by atoms with E-state index in [0.29, 0.717) is 15.9 Å². The van der Waals surface area contributed by atoms with Crippen molar-refractivity contribution in [2.24, 2.45) is 7.05 Å². The number of aryl methyl sites for hydroxylation is 2. The van der Waals surface area contributed by atoms with Gasteiger partial charge in [-0.1, -0.05) is 30.3 Å². The lowest BCUT2D eigenvalue weighted by Gasteiger charge is -2.12. The SMILES string of the molecule is Cc1cc2c(=O)n(Cc3cc(=O)c(OCc4ccccc4)cn3C)c(=O)[nH]c2s1. The maximum atomic E-state index is 12.7. The molecule has 0 amide bonds. The Bertz CT molecular complexity index is 1360. The van der Waals surface area contributed by atoms with Crippen molar-refractivity contribution in [1.82, 2.24) is 14.1 Å². The summed E-state index contributed by atoms with van der Waals surface area (Å²) in [4.78, 5) is 41.8. The first kappa shape index (κ1) is 18.9. The van der Waals surface area contributed by atoms with Crippen LogP contribution in [-0.4, -0.2) is 14.1 Å². The van der Waals surface area contributed by atoms with Crippen LogP contribution in [0.2, 0.25) is 0 Å². The highest BCUT2D eigenvalue weighted by molar-refractivity contribution is 7.18. The topological polar surface area (TPSA) is 86.1 Å². The van der Waals surface area contributed by atoms with Crippen molar-refractivity contribution < 1.29 is 4.74 Å². The molecule has 0 aliphatic rings. The highest BCUT2D eigenvalue weighted by Gasteiger charge is 2.13. The van der Waals surface area contributed by atoms with Crippen LogP contribution in [0.25, 0.3) is 10.2 Å². The largest absolute Gasteiger partial charge is 0.483 e. The number of rotatable bonds is 5. The minimum Gasteiger partial charge on any atom is -0.483 e. The molecule has 4 aromatic rings. The van der Waals surface area contributed by atoms with Gasteiger partial charge in [-0.3, -0.25) is 19.1 Å². The Morgan fingerprint density at radius 2 is 1.86 bits per heavy atom. The van der Waals surface area contributed by atoms with Gasteiger partial charge in [-0.25, -0.2) is 4.79 Å². The normalized spacial score (nSPS) is 11.1. The molecule has 0 aliphatic carbocycles. The first-order chi connectivity index (χ1) is 13.9. The molecular weight excluding hydrogens is 390 g/mol. The number of aromatic amines is 1.